The van der Waals surface area contributed by atoms with Gasteiger partial charge in [0.05, 0.1) is 5.38 Å². The van der Waals surface area contributed by atoms with Crippen molar-refractivity contribution >= 4 is 17.5 Å². The number of nitrogens with zero attached hydrogens (tertiary/aromatic N) is 2. The number of halogens is 1. The van der Waals surface area contributed by atoms with Crippen LogP contribution >= 0.6 is 11.6 Å². The van der Waals surface area contributed by atoms with Gasteiger partial charge in [0.2, 0.25) is 0 Å². The molecule has 4 nitrogen and oxygen atoms in total. The molecule has 82 valence electrons. The van der Waals surface area contributed by atoms with E-state index in [1.807, 2.05) is 0 Å². The van der Waals surface area contributed by atoms with Crippen molar-refractivity contribution in [1.82, 2.24) is 15.1 Å². The number of nitrogens with one attached hydrogen (secondary N) is 1. The minimum atomic E-state index is -0.00954. The van der Waals surface area contributed by atoms with E-state index in [1.165, 1.54) is 0 Å². The molecule has 1 N–H and O–H groups in total. The average molecular weight is 228 g/mol. The number of likely N-dealkylation sites (tertiary alicyclic amines) is 1. The van der Waals surface area contributed by atoms with Crippen LogP contribution in [0.25, 0.3) is 0 Å². The van der Waals surface area contributed by atoms with Crippen molar-refractivity contribution in [2.75, 3.05) is 13.1 Å². The Morgan fingerprint density at radius 3 is 3.07 bits per heavy atom. The SMILES string of the molecule is CC1CC(Cl)CN(C(=O)c2ccn[nH]2)C1. The standard InChI is InChI=1S/C10H14ClN3O/c1-7-4-8(11)6-14(5-7)10(15)9-2-3-12-13-9/h2-3,7-8H,4-6H2,1H3,(H,12,13). The molecule has 1 aromatic rings. The zero-order valence-corrected chi connectivity index (χ0v) is 9.37. The number of piperidine rings is 1. The fourth-order valence-electron chi connectivity index (χ4n) is 1.99. The van der Waals surface area contributed by atoms with Gasteiger partial charge in [-0.2, -0.15) is 5.10 Å². The second kappa shape index (κ2) is 4.23. The van der Waals surface area contributed by atoms with Gasteiger partial charge in [0.1, 0.15) is 5.69 Å². The van der Waals surface area contributed by atoms with Crippen LogP contribution in [0.4, 0.5) is 0 Å². The minimum Gasteiger partial charge on any atom is -0.336 e. The molecular formula is C10H14ClN3O. The van der Waals surface area contributed by atoms with Gasteiger partial charge >= 0.3 is 0 Å². The lowest BCUT2D eigenvalue weighted by atomic mass is 9.99. The van der Waals surface area contributed by atoms with Crippen molar-refractivity contribution in [3.8, 4) is 0 Å². The van der Waals surface area contributed by atoms with Crippen LogP contribution in [0.2, 0.25) is 0 Å². The van der Waals surface area contributed by atoms with Crippen molar-refractivity contribution in [2.24, 2.45) is 5.92 Å². The molecule has 2 unspecified atom stereocenters. The largest absolute Gasteiger partial charge is 0.336 e. The molecule has 0 spiro atoms. The number of amides is 1. The van der Waals surface area contributed by atoms with Crippen LogP contribution in [0.1, 0.15) is 23.8 Å². The monoisotopic (exact) mass is 227 g/mol. The molecule has 2 heterocycles. The molecule has 2 rings (SSSR count). The Bertz CT molecular complexity index is 328. The first-order chi connectivity index (χ1) is 7.16. The first-order valence-electron chi connectivity index (χ1n) is 5.09. The van der Waals surface area contributed by atoms with E-state index in [2.05, 4.69) is 17.1 Å². The molecule has 1 fully saturated rings. The molecule has 1 saturated heterocycles. The first-order valence-corrected chi connectivity index (χ1v) is 5.53. The van der Waals surface area contributed by atoms with Crippen molar-refractivity contribution in [1.29, 1.82) is 0 Å². The highest BCUT2D eigenvalue weighted by Crippen LogP contribution is 2.21. The summed E-state index contributed by atoms with van der Waals surface area (Å²) >= 11 is 6.09. The Morgan fingerprint density at radius 2 is 2.47 bits per heavy atom. The summed E-state index contributed by atoms with van der Waals surface area (Å²) < 4.78 is 0. The van der Waals surface area contributed by atoms with Gasteiger partial charge < -0.3 is 4.90 Å². The molecule has 5 heteroatoms. The normalized spacial score (nSPS) is 26.7. The van der Waals surface area contributed by atoms with Crippen molar-refractivity contribution in [3.63, 3.8) is 0 Å². The van der Waals surface area contributed by atoms with Gasteiger partial charge in [-0.3, -0.25) is 9.89 Å². The molecule has 0 aliphatic carbocycles. The van der Waals surface area contributed by atoms with Gasteiger partial charge in [-0.1, -0.05) is 6.92 Å². The molecule has 15 heavy (non-hydrogen) atoms. The zero-order chi connectivity index (χ0) is 10.8. The first kappa shape index (κ1) is 10.5. The van der Waals surface area contributed by atoms with Crippen molar-refractivity contribution in [2.45, 2.75) is 18.7 Å². The van der Waals surface area contributed by atoms with Gasteiger partial charge in [0.25, 0.3) is 5.91 Å². The van der Waals surface area contributed by atoms with E-state index in [4.69, 9.17) is 11.6 Å². The lowest BCUT2D eigenvalue weighted by Crippen LogP contribution is -2.44. The predicted octanol–water partition coefficient (Wildman–Crippen LogP) is 1.50. The maximum atomic E-state index is 11.9. The van der Waals surface area contributed by atoms with Gasteiger partial charge in [0.15, 0.2) is 0 Å². The number of hydrogen-bond donors (Lipinski definition) is 1. The molecular weight excluding hydrogens is 214 g/mol. The minimum absolute atomic E-state index is 0.00954. The second-order valence-electron chi connectivity index (χ2n) is 4.12. The number of aromatic amines is 1. The number of carbonyl (C=O) groups excluding carboxylic acids is 1. The van der Waals surface area contributed by atoms with E-state index in [9.17, 15) is 4.79 Å². The van der Waals surface area contributed by atoms with Gasteiger partial charge in [-0.15, -0.1) is 11.6 Å². The molecule has 0 aromatic carbocycles. The smallest absolute Gasteiger partial charge is 0.271 e. The van der Waals surface area contributed by atoms with Crippen molar-refractivity contribution < 1.29 is 4.79 Å². The number of aromatic nitrogens is 2. The lowest BCUT2D eigenvalue weighted by Gasteiger charge is -2.33. The summed E-state index contributed by atoms with van der Waals surface area (Å²) in [5, 5.41) is 6.52. The van der Waals surface area contributed by atoms with Crippen LogP contribution in [0, 0.1) is 5.92 Å². The average Bonchev–Trinajstić information content (AvgIpc) is 2.67. The lowest BCUT2D eigenvalue weighted by molar-refractivity contribution is 0.0681. The Hall–Kier alpha value is -1.03. The summed E-state index contributed by atoms with van der Waals surface area (Å²) in [6.07, 6.45) is 2.56. The number of rotatable bonds is 1. The van der Waals surface area contributed by atoms with E-state index in [0.29, 0.717) is 18.2 Å². The van der Waals surface area contributed by atoms with Crippen LogP contribution in [-0.4, -0.2) is 39.5 Å². The number of hydrogen-bond acceptors (Lipinski definition) is 2. The maximum absolute atomic E-state index is 11.9. The highest BCUT2D eigenvalue weighted by molar-refractivity contribution is 6.21. The number of carbonyl (C=O) groups is 1. The van der Waals surface area contributed by atoms with E-state index in [0.717, 1.165) is 13.0 Å². The maximum Gasteiger partial charge on any atom is 0.271 e. The summed E-state index contributed by atoms with van der Waals surface area (Å²) in [5.41, 5.74) is 0.535. The predicted molar refractivity (Wildman–Crippen MR) is 57.9 cm³/mol. The summed E-state index contributed by atoms with van der Waals surface area (Å²) in [4.78, 5) is 13.7. The third-order valence-electron chi connectivity index (χ3n) is 2.63. The highest BCUT2D eigenvalue weighted by atomic mass is 35.5. The topological polar surface area (TPSA) is 49.0 Å². The number of alkyl halides is 1. The summed E-state index contributed by atoms with van der Waals surface area (Å²) in [5.74, 6) is 0.456. The summed E-state index contributed by atoms with van der Waals surface area (Å²) in [7, 11) is 0. The summed E-state index contributed by atoms with van der Waals surface area (Å²) in [6.45, 7) is 3.52. The van der Waals surface area contributed by atoms with E-state index in [1.54, 1.807) is 17.2 Å². The summed E-state index contributed by atoms with van der Waals surface area (Å²) in [6, 6.07) is 1.69. The fourth-order valence-corrected chi connectivity index (χ4v) is 2.46. The van der Waals surface area contributed by atoms with Gasteiger partial charge in [0, 0.05) is 19.3 Å². The Labute approximate surface area is 93.6 Å². The fraction of sp³-hybridized carbons (Fsp3) is 0.600. The highest BCUT2D eigenvalue weighted by Gasteiger charge is 2.27. The molecule has 1 aromatic heterocycles. The molecule has 2 atom stereocenters. The Morgan fingerprint density at radius 1 is 1.67 bits per heavy atom. The second-order valence-corrected chi connectivity index (χ2v) is 4.74. The van der Waals surface area contributed by atoms with Gasteiger partial charge in [-0.05, 0) is 18.4 Å². The Balaban J connectivity index is 2.07. The van der Waals surface area contributed by atoms with Gasteiger partial charge in [-0.25, -0.2) is 0 Å². The Kier molecular flexibility index (Phi) is 2.95. The molecule has 0 radical (unpaired) electrons. The third kappa shape index (κ3) is 2.31. The van der Waals surface area contributed by atoms with E-state index < -0.39 is 0 Å². The molecule has 1 aliphatic heterocycles. The van der Waals surface area contributed by atoms with E-state index >= 15 is 0 Å². The molecule has 0 saturated carbocycles. The van der Waals surface area contributed by atoms with Crippen LogP contribution in [0.15, 0.2) is 12.3 Å². The number of H-pyrrole nitrogens is 1. The molecule has 1 aliphatic rings. The van der Waals surface area contributed by atoms with E-state index in [-0.39, 0.29) is 11.3 Å². The van der Waals surface area contributed by atoms with Crippen LogP contribution in [-0.2, 0) is 0 Å². The molecule has 0 bridgehead atoms. The van der Waals surface area contributed by atoms with Crippen LogP contribution < -0.4 is 0 Å². The quantitative estimate of drug-likeness (QED) is 0.740. The van der Waals surface area contributed by atoms with Crippen molar-refractivity contribution in [3.05, 3.63) is 18.0 Å². The van der Waals surface area contributed by atoms with Crippen LogP contribution in [0.5, 0.6) is 0 Å². The molecule has 1 amide bonds. The zero-order valence-electron chi connectivity index (χ0n) is 8.61. The third-order valence-corrected chi connectivity index (χ3v) is 2.94. The van der Waals surface area contributed by atoms with Crippen LogP contribution in [0.3, 0.4) is 0 Å².